The fourth-order valence-corrected chi connectivity index (χ4v) is 1.61. The topological polar surface area (TPSA) is 38.3 Å². The molecule has 0 saturated heterocycles. The second-order valence-corrected chi connectivity index (χ2v) is 4.44. The Morgan fingerprint density at radius 2 is 2.00 bits per heavy atom. The average molecular weight is 219 g/mol. The number of hydrogen-bond donors (Lipinski definition) is 1. The number of hydrogen-bond acceptors (Lipinski definition) is 2. The van der Waals surface area contributed by atoms with Gasteiger partial charge in [0.05, 0.1) is 0 Å². The SMILES string of the molecule is Cc1ccc(NC(=O)OC(C)C2CC2)cc1. The fourth-order valence-electron chi connectivity index (χ4n) is 1.61. The van der Waals surface area contributed by atoms with Gasteiger partial charge in [-0.25, -0.2) is 4.79 Å². The van der Waals surface area contributed by atoms with Gasteiger partial charge in [-0.15, -0.1) is 0 Å². The van der Waals surface area contributed by atoms with E-state index in [4.69, 9.17) is 4.74 Å². The molecule has 2 rings (SSSR count). The zero-order valence-corrected chi connectivity index (χ0v) is 9.69. The molecule has 0 bridgehead atoms. The second kappa shape index (κ2) is 4.56. The van der Waals surface area contributed by atoms with Gasteiger partial charge >= 0.3 is 6.09 Å². The van der Waals surface area contributed by atoms with Crippen molar-refractivity contribution in [1.82, 2.24) is 0 Å². The van der Waals surface area contributed by atoms with Crippen molar-refractivity contribution in [3.63, 3.8) is 0 Å². The molecular weight excluding hydrogens is 202 g/mol. The highest BCUT2D eigenvalue weighted by molar-refractivity contribution is 5.84. The van der Waals surface area contributed by atoms with Gasteiger partial charge in [-0.3, -0.25) is 5.32 Å². The molecule has 1 aliphatic carbocycles. The standard InChI is InChI=1S/C13H17NO2/c1-9-3-7-12(8-4-9)14-13(15)16-10(2)11-5-6-11/h3-4,7-8,10-11H,5-6H2,1-2H3,(H,14,15). The predicted octanol–water partition coefficient (Wildman–Crippen LogP) is 3.34. The van der Waals surface area contributed by atoms with Crippen LogP contribution >= 0.6 is 0 Å². The fraction of sp³-hybridized carbons (Fsp3) is 0.462. The summed E-state index contributed by atoms with van der Waals surface area (Å²) < 4.78 is 5.26. The summed E-state index contributed by atoms with van der Waals surface area (Å²) in [7, 11) is 0. The molecule has 1 N–H and O–H groups in total. The number of carbonyl (C=O) groups is 1. The van der Waals surface area contributed by atoms with Crippen molar-refractivity contribution >= 4 is 11.8 Å². The van der Waals surface area contributed by atoms with Crippen LogP contribution in [0.25, 0.3) is 0 Å². The first-order chi connectivity index (χ1) is 7.65. The molecule has 1 atom stereocenters. The maximum atomic E-state index is 11.5. The maximum absolute atomic E-state index is 11.5. The third kappa shape index (κ3) is 2.99. The van der Waals surface area contributed by atoms with Crippen LogP contribution in [0.4, 0.5) is 10.5 Å². The smallest absolute Gasteiger partial charge is 0.411 e. The lowest BCUT2D eigenvalue weighted by molar-refractivity contribution is 0.108. The summed E-state index contributed by atoms with van der Waals surface area (Å²) in [5, 5.41) is 2.72. The van der Waals surface area contributed by atoms with E-state index in [-0.39, 0.29) is 12.2 Å². The summed E-state index contributed by atoms with van der Waals surface area (Å²) in [5.41, 5.74) is 1.95. The van der Waals surface area contributed by atoms with Crippen molar-refractivity contribution in [3.05, 3.63) is 29.8 Å². The van der Waals surface area contributed by atoms with Crippen LogP contribution in [0.15, 0.2) is 24.3 Å². The van der Waals surface area contributed by atoms with Gasteiger partial charge in [0.25, 0.3) is 0 Å². The summed E-state index contributed by atoms with van der Waals surface area (Å²) in [5.74, 6) is 0.573. The number of rotatable bonds is 3. The number of anilines is 1. The lowest BCUT2D eigenvalue weighted by atomic mass is 10.2. The average Bonchev–Trinajstić information content (AvgIpc) is 3.04. The Labute approximate surface area is 95.8 Å². The summed E-state index contributed by atoms with van der Waals surface area (Å²) >= 11 is 0. The Hall–Kier alpha value is -1.51. The van der Waals surface area contributed by atoms with Crippen LogP contribution in [0.1, 0.15) is 25.3 Å². The Bertz CT molecular complexity index is 368. The molecule has 1 unspecified atom stereocenters. The number of ether oxygens (including phenoxy) is 1. The van der Waals surface area contributed by atoms with Gasteiger partial charge in [0.15, 0.2) is 0 Å². The van der Waals surface area contributed by atoms with E-state index in [0.717, 1.165) is 5.69 Å². The molecule has 1 aromatic rings. The highest BCUT2D eigenvalue weighted by Gasteiger charge is 2.30. The summed E-state index contributed by atoms with van der Waals surface area (Å²) in [6, 6.07) is 7.66. The maximum Gasteiger partial charge on any atom is 0.411 e. The van der Waals surface area contributed by atoms with Gasteiger partial charge in [0.1, 0.15) is 6.10 Å². The molecule has 1 amide bonds. The molecule has 0 radical (unpaired) electrons. The van der Waals surface area contributed by atoms with E-state index in [1.165, 1.54) is 18.4 Å². The third-order valence-electron chi connectivity index (χ3n) is 2.88. The van der Waals surface area contributed by atoms with Crippen molar-refractivity contribution in [2.45, 2.75) is 32.8 Å². The minimum Gasteiger partial charge on any atom is -0.446 e. The Morgan fingerprint density at radius 3 is 2.56 bits per heavy atom. The van der Waals surface area contributed by atoms with Crippen LogP contribution < -0.4 is 5.32 Å². The van der Waals surface area contributed by atoms with E-state index in [1.807, 2.05) is 38.1 Å². The minimum atomic E-state index is -0.358. The van der Waals surface area contributed by atoms with E-state index in [1.54, 1.807) is 0 Å². The van der Waals surface area contributed by atoms with Crippen molar-refractivity contribution in [3.8, 4) is 0 Å². The zero-order valence-electron chi connectivity index (χ0n) is 9.69. The number of amides is 1. The van der Waals surface area contributed by atoms with E-state index in [2.05, 4.69) is 5.32 Å². The van der Waals surface area contributed by atoms with Crippen molar-refractivity contribution in [2.24, 2.45) is 5.92 Å². The molecule has 86 valence electrons. The van der Waals surface area contributed by atoms with E-state index in [0.29, 0.717) is 5.92 Å². The predicted molar refractivity (Wildman–Crippen MR) is 63.5 cm³/mol. The van der Waals surface area contributed by atoms with Gasteiger partial charge in [-0.2, -0.15) is 0 Å². The Kier molecular flexibility index (Phi) is 3.13. The van der Waals surface area contributed by atoms with Gasteiger partial charge in [0, 0.05) is 5.69 Å². The molecule has 0 aromatic heterocycles. The largest absolute Gasteiger partial charge is 0.446 e. The molecule has 0 spiro atoms. The highest BCUT2D eigenvalue weighted by Crippen LogP contribution is 2.34. The van der Waals surface area contributed by atoms with Gasteiger partial charge < -0.3 is 4.74 Å². The molecule has 1 aliphatic rings. The Balaban J connectivity index is 1.84. The first kappa shape index (κ1) is 11.0. The third-order valence-corrected chi connectivity index (χ3v) is 2.88. The zero-order chi connectivity index (χ0) is 11.5. The van der Waals surface area contributed by atoms with Crippen LogP contribution in [0.5, 0.6) is 0 Å². The first-order valence-corrected chi connectivity index (χ1v) is 5.69. The van der Waals surface area contributed by atoms with E-state index >= 15 is 0 Å². The molecule has 3 heteroatoms. The monoisotopic (exact) mass is 219 g/mol. The number of nitrogens with one attached hydrogen (secondary N) is 1. The minimum absolute atomic E-state index is 0.0328. The van der Waals surface area contributed by atoms with Gasteiger partial charge in [0.2, 0.25) is 0 Å². The molecule has 1 aromatic carbocycles. The first-order valence-electron chi connectivity index (χ1n) is 5.69. The van der Waals surface area contributed by atoms with Crippen LogP contribution in [-0.2, 0) is 4.74 Å². The van der Waals surface area contributed by atoms with Crippen molar-refractivity contribution in [2.75, 3.05) is 5.32 Å². The summed E-state index contributed by atoms with van der Waals surface area (Å²) in [6.07, 6.45) is 2.03. The lowest BCUT2D eigenvalue weighted by Crippen LogP contribution is -2.21. The molecule has 0 heterocycles. The van der Waals surface area contributed by atoms with Crippen LogP contribution in [0.3, 0.4) is 0 Å². The number of carbonyl (C=O) groups excluding carboxylic acids is 1. The Morgan fingerprint density at radius 1 is 1.38 bits per heavy atom. The number of aryl methyl sites for hydroxylation is 1. The van der Waals surface area contributed by atoms with Crippen LogP contribution in [0, 0.1) is 12.8 Å². The van der Waals surface area contributed by atoms with Gasteiger partial charge in [-0.05, 0) is 44.7 Å². The lowest BCUT2D eigenvalue weighted by Gasteiger charge is -2.12. The quantitative estimate of drug-likeness (QED) is 0.846. The second-order valence-electron chi connectivity index (χ2n) is 4.44. The van der Waals surface area contributed by atoms with Crippen molar-refractivity contribution < 1.29 is 9.53 Å². The molecular formula is C13H17NO2. The molecule has 3 nitrogen and oxygen atoms in total. The molecule has 16 heavy (non-hydrogen) atoms. The normalized spacial score (nSPS) is 16.6. The summed E-state index contributed by atoms with van der Waals surface area (Å²) in [4.78, 5) is 11.5. The van der Waals surface area contributed by atoms with Crippen molar-refractivity contribution in [1.29, 1.82) is 0 Å². The molecule has 1 fully saturated rings. The van der Waals surface area contributed by atoms with E-state index in [9.17, 15) is 4.79 Å². The molecule has 0 aliphatic heterocycles. The van der Waals surface area contributed by atoms with Crippen LogP contribution in [0.2, 0.25) is 0 Å². The van der Waals surface area contributed by atoms with E-state index < -0.39 is 0 Å². The molecule has 1 saturated carbocycles. The summed E-state index contributed by atoms with van der Waals surface area (Å²) in [6.45, 7) is 3.96. The van der Waals surface area contributed by atoms with Gasteiger partial charge in [-0.1, -0.05) is 17.7 Å². The highest BCUT2D eigenvalue weighted by atomic mass is 16.6. The number of benzene rings is 1. The van der Waals surface area contributed by atoms with Crippen LogP contribution in [-0.4, -0.2) is 12.2 Å².